The van der Waals surface area contributed by atoms with Crippen LogP contribution < -0.4 is 0 Å². The van der Waals surface area contributed by atoms with E-state index in [-0.39, 0.29) is 0 Å². The Bertz CT molecular complexity index is 271. The number of benzene rings is 1. The van der Waals surface area contributed by atoms with E-state index in [0.717, 1.165) is 19.6 Å². The molecule has 0 amide bonds. The lowest BCUT2D eigenvalue weighted by Gasteiger charge is -2.19. The van der Waals surface area contributed by atoms with Crippen molar-refractivity contribution in [2.45, 2.75) is 13.5 Å². The van der Waals surface area contributed by atoms with Crippen LogP contribution in [0.4, 0.5) is 0 Å². The molecule has 2 heteroatoms. The molecule has 0 radical (unpaired) electrons. The molecule has 1 aromatic rings. The number of ether oxygens (including phenoxy) is 1. The Morgan fingerprint density at radius 3 is 2.67 bits per heavy atom. The van der Waals surface area contributed by atoms with Gasteiger partial charge in [0.25, 0.3) is 0 Å². The highest BCUT2D eigenvalue weighted by Gasteiger charge is 2.02. The van der Waals surface area contributed by atoms with Crippen LogP contribution in [0.25, 0.3) is 0 Å². The topological polar surface area (TPSA) is 12.5 Å². The van der Waals surface area contributed by atoms with Gasteiger partial charge in [0.05, 0.1) is 12.9 Å². The van der Waals surface area contributed by atoms with Crippen LogP contribution in [0.3, 0.4) is 0 Å². The molecule has 0 aliphatic carbocycles. The predicted octanol–water partition coefficient (Wildman–Crippen LogP) is 2.67. The summed E-state index contributed by atoms with van der Waals surface area (Å²) in [5.74, 6) is 0. The minimum Gasteiger partial charge on any atom is -0.500 e. The van der Waals surface area contributed by atoms with Crippen molar-refractivity contribution in [1.82, 2.24) is 4.90 Å². The minimum absolute atomic E-state index is 0.712. The number of hydrogen-bond donors (Lipinski definition) is 0. The van der Waals surface area contributed by atoms with E-state index in [4.69, 9.17) is 4.74 Å². The van der Waals surface area contributed by atoms with E-state index < -0.39 is 0 Å². The minimum atomic E-state index is 0.712. The van der Waals surface area contributed by atoms with Gasteiger partial charge in [0.1, 0.15) is 0 Å². The molecule has 0 heterocycles. The van der Waals surface area contributed by atoms with Crippen LogP contribution in [0.1, 0.15) is 12.5 Å². The average Bonchev–Trinajstić information content (AvgIpc) is 2.29. The molecule has 0 aromatic heterocycles. The lowest BCUT2D eigenvalue weighted by atomic mass is 10.2. The van der Waals surface area contributed by atoms with Crippen molar-refractivity contribution in [2.75, 3.05) is 19.7 Å². The quantitative estimate of drug-likeness (QED) is 0.501. The molecule has 1 rings (SSSR count). The van der Waals surface area contributed by atoms with Crippen molar-refractivity contribution >= 4 is 0 Å². The predicted molar refractivity (Wildman–Crippen MR) is 63.5 cm³/mol. The van der Waals surface area contributed by atoms with Gasteiger partial charge in [0.15, 0.2) is 0 Å². The molecule has 0 atom stereocenters. The molecule has 0 spiro atoms. The second-order valence-corrected chi connectivity index (χ2v) is 3.39. The monoisotopic (exact) mass is 205 g/mol. The smallest absolute Gasteiger partial charge is 0.0999 e. The van der Waals surface area contributed by atoms with Gasteiger partial charge in [-0.2, -0.15) is 0 Å². The highest BCUT2D eigenvalue weighted by Crippen LogP contribution is 2.03. The number of likely N-dealkylation sites (N-methyl/N-ethyl adjacent to an activating group) is 1. The third kappa shape index (κ3) is 4.66. The molecular formula is C13H19NO. The third-order valence-electron chi connectivity index (χ3n) is 2.34. The van der Waals surface area contributed by atoms with E-state index in [1.165, 1.54) is 11.8 Å². The van der Waals surface area contributed by atoms with E-state index in [2.05, 4.69) is 42.7 Å². The zero-order valence-electron chi connectivity index (χ0n) is 9.36. The van der Waals surface area contributed by atoms with Crippen LogP contribution in [0.5, 0.6) is 0 Å². The maximum Gasteiger partial charge on any atom is 0.0999 e. The van der Waals surface area contributed by atoms with Gasteiger partial charge in [-0.15, -0.1) is 0 Å². The standard InChI is InChI=1S/C13H19NO/c1-3-14(10-11-15-4-2)12-13-8-6-5-7-9-13/h4-9H,2-3,10-12H2,1H3. The molecule has 0 aliphatic rings. The zero-order valence-corrected chi connectivity index (χ0v) is 9.36. The Hall–Kier alpha value is -1.28. The molecule has 2 nitrogen and oxygen atoms in total. The molecule has 0 N–H and O–H groups in total. The van der Waals surface area contributed by atoms with E-state index in [1.54, 1.807) is 0 Å². The van der Waals surface area contributed by atoms with Gasteiger partial charge >= 0.3 is 0 Å². The van der Waals surface area contributed by atoms with Gasteiger partial charge in [-0.1, -0.05) is 43.8 Å². The Labute approximate surface area is 92.2 Å². The zero-order chi connectivity index (χ0) is 10.9. The van der Waals surface area contributed by atoms with Crippen molar-refractivity contribution in [3.63, 3.8) is 0 Å². The van der Waals surface area contributed by atoms with Crippen LogP contribution in [0.2, 0.25) is 0 Å². The van der Waals surface area contributed by atoms with Gasteiger partial charge < -0.3 is 4.74 Å². The Morgan fingerprint density at radius 1 is 1.33 bits per heavy atom. The summed E-state index contributed by atoms with van der Waals surface area (Å²) in [6.45, 7) is 9.37. The van der Waals surface area contributed by atoms with Gasteiger partial charge in [0.2, 0.25) is 0 Å². The molecule has 0 bridgehead atoms. The second-order valence-electron chi connectivity index (χ2n) is 3.39. The first-order valence-corrected chi connectivity index (χ1v) is 5.35. The molecule has 1 aromatic carbocycles. The fourth-order valence-corrected chi connectivity index (χ4v) is 1.46. The summed E-state index contributed by atoms with van der Waals surface area (Å²) >= 11 is 0. The summed E-state index contributed by atoms with van der Waals surface area (Å²) in [7, 11) is 0. The third-order valence-corrected chi connectivity index (χ3v) is 2.34. The summed E-state index contributed by atoms with van der Waals surface area (Å²) < 4.78 is 5.13. The van der Waals surface area contributed by atoms with Crippen LogP contribution in [-0.4, -0.2) is 24.6 Å². The highest BCUT2D eigenvalue weighted by molar-refractivity contribution is 5.14. The first-order valence-electron chi connectivity index (χ1n) is 5.35. The average molecular weight is 205 g/mol. The van der Waals surface area contributed by atoms with E-state index in [1.807, 2.05) is 6.07 Å². The molecular weight excluding hydrogens is 186 g/mol. The van der Waals surface area contributed by atoms with Gasteiger partial charge in [-0.3, -0.25) is 4.90 Å². The van der Waals surface area contributed by atoms with Gasteiger partial charge in [-0.25, -0.2) is 0 Å². The molecule has 0 aliphatic heterocycles. The first kappa shape index (κ1) is 11.8. The molecule has 0 unspecified atom stereocenters. The lowest BCUT2D eigenvalue weighted by Crippen LogP contribution is -2.26. The molecule has 0 fully saturated rings. The van der Waals surface area contributed by atoms with E-state index >= 15 is 0 Å². The largest absolute Gasteiger partial charge is 0.500 e. The SMILES string of the molecule is C=COCCN(CC)Cc1ccccc1. The molecule has 0 saturated heterocycles. The highest BCUT2D eigenvalue weighted by atomic mass is 16.5. The van der Waals surface area contributed by atoms with Crippen LogP contribution >= 0.6 is 0 Å². The normalized spacial score (nSPS) is 10.3. The summed E-state index contributed by atoms with van der Waals surface area (Å²) in [6, 6.07) is 10.5. The van der Waals surface area contributed by atoms with Crippen molar-refractivity contribution in [3.8, 4) is 0 Å². The first-order chi connectivity index (χ1) is 7.36. The second kappa shape index (κ2) is 7.07. The van der Waals surface area contributed by atoms with E-state index in [9.17, 15) is 0 Å². The lowest BCUT2D eigenvalue weighted by molar-refractivity contribution is 0.178. The Balaban J connectivity index is 2.36. The Kier molecular flexibility index (Phi) is 5.56. The van der Waals surface area contributed by atoms with Crippen molar-refractivity contribution < 1.29 is 4.74 Å². The van der Waals surface area contributed by atoms with Crippen molar-refractivity contribution in [3.05, 3.63) is 48.7 Å². The van der Waals surface area contributed by atoms with E-state index in [0.29, 0.717) is 6.61 Å². The summed E-state index contributed by atoms with van der Waals surface area (Å²) in [5.41, 5.74) is 1.35. The van der Waals surface area contributed by atoms with Crippen LogP contribution in [-0.2, 0) is 11.3 Å². The maximum atomic E-state index is 5.13. The summed E-state index contributed by atoms with van der Waals surface area (Å²) in [6.07, 6.45) is 1.50. The fraction of sp³-hybridized carbons (Fsp3) is 0.385. The summed E-state index contributed by atoms with van der Waals surface area (Å²) in [5, 5.41) is 0. The molecule has 15 heavy (non-hydrogen) atoms. The molecule has 0 saturated carbocycles. The van der Waals surface area contributed by atoms with Crippen LogP contribution in [0.15, 0.2) is 43.2 Å². The maximum absolute atomic E-state index is 5.13. The summed E-state index contributed by atoms with van der Waals surface area (Å²) in [4.78, 5) is 2.35. The van der Waals surface area contributed by atoms with Crippen LogP contribution in [0, 0.1) is 0 Å². The van der Waals surface area contributed by atoms with Crippen molar-refractivity contribution in [2.24, 2.45) is 0 Å². The number of rotatable bonds is 7. The molecule has 82 valence electrons. The Morgan fingerprint density at radius 2 is 2.07 bits per heavy atom. The fourth-order valence-electron chi connectivity index (χ4n) is 1.46. The number of nitrogens with zero attached hydrogens (tertiary/aromatic N) is 1. The van der Waals surface area contributed by atoms with Gasteiger partial charge in [-0.05, 0) is 12.1 Å². The van der Waals surface area contributed by atoms with Gasteiger partial charge in [0, 0.05) is 13.1 Å². The number of hydrogen-bond acceptors (Lipinski definition) is 2. The van der Waals surface area contributed by atoms with Crippen molar-refractivity contribution in [1.29, 1.82) is 0 Å².